The van der Waals surface area contributed by atoms with E-state index >= 15 is 0 Å². The van der Waals surface area contributed by atoms with E-state index in [-0.39, 0.29) is 47.3 Å². The zero-order valence-electron chi connectivity index (χ0n) is 31.6. The van der Waals surface area contributed by atoms with Gasteiger partial charge in [-0.25, -0.2) is 0 Å². The molecular weight excluding hydrogens is 630 g/mol. The van der Waals surface area contributed by atoms with Gasteiger partial charge in [0.05, 0.1) is 29.0 Å². The van der Waals surface area contributed by atoms with Crippen molar-refractivity contribution in [2.24, 2.45) is 23.2 Å². The number of fused-ring (bicyclic) bond motifs is 12. The van der Waals surface area contributed by atoms with E-state index in [1.54, 1.807) is 0 Å². The number of allylic oxidation sites excluding steroid dienone is 1. The fraction of sp³-hybridized carbons (Fsp3) is 0.762. The minimum absolute atomic E-state index is 0.0456. The summed E-state index contributed by atoms with van der Waals surface area (Å²) >= 11 is 0. The monoisotopic (exact) mass is 687 g/mol. The van der Waals surface area contributed by atoms with Crippen LogP contribution >= 0.6 is 0 Å². The molecule has 4 saturated heterocycles. The predicted octanol–water partition coefficient (Wildman–Crippen LogP) is 6.72. The van der Waals surface area contributed by atoms with Crippen molar-refractivity contribution in [1.29, 1.82) is 0 Å². The molecule has 1 spiro atoms. The van der Waals surface area contributed by atoms with E-state index in [1.807, 2.05) is 6.08 Å². The Morgan fingerprint density at radius 1 is 0.860 bits per heavy atom. The lowest BCUT2D eigenvalue weighted by molar-refractivity contribution is -0.343. The van der Waals surface area contributed by atoms with Gasteiger partial charge in [0.2, 0.25) is 0 Å². The quantitative estimate of drug-likeness (QED) is 0.226. The van der Waals surface area contributed by atoms with Crippen molar-refractivity contribution in [2.45, 2.75) is 178 Å². The summed E-state index contributed by atoms with van der Waals surface area (Å²) < 4.78 is 33.5. The minimum Gasteiger partial charge on any atom is -0.388 e. The average Bonchev–Trinajstić information content (AvgIpc) is 3.51. The topological polar surface area (TPSA) is 106 Å². The number of hydrogen-bond acceptors (Lipinski definition) is 7. The molecular formula is C42H57NO7. The number of aliphatic hydroxyl groups excluding tert-OH is 1. The number of epoxide rings is 1. The molecule has 3 N–H and O–H groups in total. The Balaban J connectivity index is 1.06. The first-order valence-corrected chi connectivity index (χ1v) is 19.4. The smallest absolute Gasteiger partial charge is 0.178 e. The highest BCUT2D eigenvalue weighted by Gasteiger charge is 2.87. The van der Waals surface area contributed by atoms with Crippen LogP contribution in [0.5, 0.6) is 0 Å². The van der Waals surface area contributed by atoms with E-state index in [2.05, 4.69) is 86.4 Å². The van der Waals surface area contributed by atoms with Crippen molar-refractivity contribution in [1.82, 2.24) is 4.98 Å². The molecule has 4 aliphatic heterocycles. The summed E-state index contributed by atoms with van der Waals surface area (Å²) in [5.41, 5.74) is 3.34. The lowest BCUT2D eigenvalue weighted by Gasteiger charge is -2.66. The van der Waals surface area contributed by atoms with Crippen molar-refractivity contribution in [3.05, 3.63) is 46.2 Å². The van der Waals surface area contributed by atoms with Crippen LogP contribution in [-0.4, -0.2) is 73.9 Å². The molecule has 0 radical (unpaired) electrons. The van der Waals surface area contributed by atoms with E-state index in [4.69, 9.17) is 23.7 Å². The first-order chi connectivity index (χ1) is 23.3. The summed E-state index contributed by atoms with van der Waals surface area (Å²) in [4.78, 5) is 3.99. The number of benzene rings is 1. The van der Waals surface area contributed by atoms with Gasteiger partial charge in [-0.1, -0.05) is 25.5 Å². The molecule has 10 rings (SSSR count). The number of ether oxygens (including phenoxy) is 5. The molecule has 8 aliphatic rings. The number of aromatic nitrogens is 1. The van der Waals surface area contributed by atoms with Crippen molar-refractivity contribution in [3.63, 3.8) is 0 Å². The van der Waals surface area contributed by atoms with Gasteiger partial charge in [0, 0.05) is 33.3 Å². The average molecular weight is 688 g/mol. The third kappa shape index (κ3) is 3.59. The van der Waals surface area contributed by atoms with Gasteiger partial charge in [0.1, 0.15) is 23.9 Å². The lowest BCUT2D eigenvalue weighted by Crippen LogP contribution is -2.77. The van der Waals surface area contributed by atoms with Crippen LogP contribution in [-0.2, 0) is 41.9 Å². The van der Waals surface area contributed by atoms with Gasteiger partial charge in [-0.15, -0.1) is 0 Å². The van der Waals surface area contributed by atoms with Crippen molar-refractivity contribution in [3.8, 4) is 0 Å². The van der Waals surface area contributed by atoms with Gasteiger partial charge >= 0.3 is 0 Å². The lowest BCUT2D eigenvalue weighted by atomic mass is 9.40. The second-order valence-corrected chi connectivity index (χ2v) is 19.8. The van der Waals surface area contributed by atoms with Gasteiger partial charge in [-0.2, -0.15) is 0 Å². The summed E-state index contributed by atoms with van der Waals surface area (Å²) in [7, 11) is 0. The molecule has 6 fully saturated rings. The second kappa shape index (κ2) is 9.47. The summed E-state index contributed by atoms with van der Waals surface area (Å²) in [6.45, 7) is 21.8. The Labute approximate surface area is 296 Å². The molecule has 2 saturated carbocycles. The first kappa shape index (κ1) is 32.8. The molecule has 1 aromatic heterocycles. The minimum atomic E-state index is -1.10. The van der Waals surface area contributed by atoms with Gasteiger partial charge in [0.15, 0.2) is 11.9 Å². The van der Waals surface area contributed by atoms with Crippen LogP contribution in [0, 0.1) is 23.2 Å². The van der Waals surface area contributed by atoms with Crippen molar-refractivity contribution >= 4 is 10.9 Å². The van der Waals surface area contributed by atoms with Crippen molar-refractivity contribution in [2.75, 3.05) is 0 Å². The van der Waals surface area contributed by atoms with E-state index in [0.29, 0.717) is 12.3 Å². The number of aromatic amines is 1. The highest BCUT2D eigenvalue weighted by atomic mass is 16.8. The van der Waals surface area contributed by atoms with Crippen LogP contribution in [0.4, 0.5) is 0 Å². The van der Waals surface area contributed by atoms with Crippen LogP contribution < -0.4 is 0 Å². The molecule has 2 aromatic rings. The molecule has 8 heteroatoms. The molecule has 272 valence electrons. The molecule has 2 unspecified atom stereocenters. The zero-order chi connectivity index (χ0) is 35.3. The summed E-state index contributed by atoms with van der Waals surface area (Å²) in [6, 6.07) is 4.35. The van der Waals surface area contributed by atoms with Crippen LogP contribution in [0.15, 0.2) is 23.8 Å². The number of aliphatic hydroxyl groups is 2. The molecule has 8 nitrogen and oxygen atoms in total. The number of H-pyrrole nitrogens is 1. The van der Waals surface area contributed by atoms with Crippen molar-refractivity contribution < 1.29 is 33.9 Å². The summed E-state index contributed by atoms with van der Waals surface area (Å²) in [5.74, 6) is 0.660. The molecule has 0 bridgehead atoms. The van der Waals surface area contributed by atoms with Gasteiger partial charge in [0.25, 0.3) is 0 Å². The molecule has 50 heavy (non-hydrogen) atoms. The van der Waals surface area contributed by atoms with Crippen LogP contribution in [0.1, 0.15) is 123 Å². The highest BCUT2D eigenvalue weighted by Crippen LogP contribution is 2.75. The van der Waals surface area contributed by atoms with Gasteiger partial charge in [-0.05, 0) is 135 Å². The SMILES string of the molecule is CC(C)=C[C@H]1O[C@@H]2[C@H](OC3CC[C@@]4(C)[C@@](O)(CCC5Cc6c([nH]c7ccc8c(c67)C[C@@H]6[C@H]([C@H]8O)C(C)(C)OC6(C)C)[C@@]54C)[C@]34O[C@@H]24)C(C)(C)O1. The molecule has 4 aliphatic carbocycles. The standard InChI is InChI=1S/C42H57NO7/c1-20(2)17-28-47-32-34(38(7,8)48-28)46-27-14-15-39(9)40(10)21(13-16-41(39,45)42(27)35(32)49-42)18-24-29-23-19-25-30(37(5,6)50-36(25,3)4)31(44)22(23)11-12-26(29)43-33(24)40/h11-12,17,21,25,27-28,30-32,34-35,43-45H,13-16,18-19H2,1-10H3/t21?,25-,27?,28+,30-,31+,32-,34+,35+,39-,40-,41+,42+/m1/s1. The van der Waals surface area contributed by atoms with Gasteiger partial charge < -0.3 is 38.9 Å². The van der Waals surface area contributed by atoms with E-state index in [9.17, 15) is 10.2 Å². The first-order valence-electron chi connectivity index (χ1n) is 19.4. The van der Waals surface area contributed by atoms with E-state index in [0.717, 1.165) is 48.8 Å². The Hall–Kier alpha value is -1.78. The number of hydrogen-bond donors (Lipinski definition) is 3. The maximum Gasteiger partial charge on any atom is 0.178 e. The van der Waals surface area contributed by atoms with Crippen LogP contribution in [0.25, 0.3) is 10.9 Å². The summed E-state index contributed by atoms with van der Waals surface area (Å²) in [6.07, 6.45) is 5.04. The van der Waals surface area contributed by atoms with Crippen LogP contribution in [0.3, 0.4) is 0 Å². The fourth-order valence-electron chi connectivity index (χ4n) is 13.8. The highest BCUT2D eigenvalue weighted by molar-refractivity contribution is 5.91. The number of nitrogens with one attached hydrogen (secondary N) is 1. The molecule has 13 atom stereocenters. The Bertz CT molecular complexity index is 1850. The number of rotatable bonds is 1. The maximum absolute atomic E-state index is 13.5. The third-order valence-corrected chi connectivity index (χ3v) is 16.1. The largest absolute Gasteiger partial charge is 0.388 e. The predicted molar refractivity (Wildman–Crippen MR) is 189 cm³/mol. The molecule has 1 aromatic carbocycles. The van der Waals surface area contributed by atoms with Gasteiger partial charge in [-0.3, -0.25) is 0 Å². The van der Waals surface area contributed by atoms with E-state index in [1.165, 1.54) is 22.2 Å². The Kier molecular flexibility index (Phi) is 6.22. The third-order valence-electron chi connectivity index (χ3n) is 16.1. The second-order valence-electron chi connectivity index (χ2n) is 19.8. The van der Waals surface area contributed by atoms with Crippen LogP contribution in [0.2, 0.25) is 0 Å². The molecule has 5 heterocycles. The fourth-order valence-corrected chi connectivity index (χ4v) is 13.8. The summed E-state index contributed by atoms with van der Waals surface area (Å²) in [5, 5.41) is 26.7. The maximum atomic E-state index is 13.5. The zero-order valence-corrected chi connectivity index (χ0v) is 31.6. The molecule has 0 amide bonds. The normalized spacial score (nSPS) is 49.7. The van der Waals surface area contributed by atoms with E-state index < -0.39 is 40.2 Å². The Morgan fingerprint density at radius 3 is 2.36 bits per heavy atom. The Morgan fingerprint density at radius 2 is 1.62 bits per heavy atom.